The van der Waals surface area contributed by atoms with Gasteiger partial charge in [-0.15, -0.1) is 0 Å². The van der Waals surface area contributed by atoms with Gasteiger partial charge in [-0.1, -0.05) is 0 Å². The Labute approximate surface area is 141 Å². The van der Waals surface area contributed by atoms with Gasteiger partial charge in [-0.3, -0.25) is 9.59 Å². The van der Waals surface area contributed by atoms with Crippen molar-refractivity contribution in [3.8, 4) is 0 Å². The third kappa shape index (κ3) is 3.73. The zero-order valence-corrected chi connectivity index (χ0v) is 14.1. The van der Waals surface area contributed by atoms with Crippen LogP contribution in [0.5, 0.6) is 0 Å². The van der Waals surface area contributed by atoms with Crippen molar-refractivity contribution >= 4 is 28.5 Å². The van der Waals surface area contributed by atoms with E-state index >= 15 is 0 Å². The van der Waals surface area contributed by atoms with Crippen LogP contribution in [0.4, 0.5) is 5.69 Å². The Morgan fingerprint density at radius 3 is 3.08 bits per heavy atom. The Bertz CT molecular complexity index is 739. The fourth-order valence-electron chi connectivity index (χ4n) is 3.00. The SMILES string of the molecule is CN(C)CCCN1CC(C(=O)Nc2ccc3nc[nH]c3c2)CC1=O. The standard InChI is InChI=1S/C17H23N5O2/c1-21(2)6-3-7-22-10-12(8-16(22)23)17(24)20-13-4-5-14-15(9-13)19-11-18-14/h4-5,9,11-12H,3,6-8,10H2,1-2H3,(H,18,19)(H,20,24). The number of fused-ring (bicyclic) bond motifs is 1. The minimum absolute atomic E-state index is 0.0675. The first-order valence-corrected chi connectivity index (χ1v) is 8.19. The minimum atomic E-state index is -0.283. The summed E-state index contributed by atoms with van der Waals surface area (Å²) in [5, 5.41) is 2.91. The van der Waals surface area contributed by atoms with E-state index in [-0.39, 0.29) is 17.7 Å². The van der Waals surface area contributed by atoms with Crippen LogP contribution in [0.3, 0.4) is 0 Å². The molecule has 1 fully saturated rings. The molecule has 1 aliphatic heterocycles. The van der Waals surface area contributed by atoms with Crippen molar-refractivity contribution in [2.75, 3.05) is 39.0 Å². The first-order chi connectivity index (χ1) is 11.5. The predicted molar refractivity (Wildman–Crippen MR) is 92.6 cm³/mol. The Kier molecular flexibility index (Phi) is 4.80. The van der Waals surface area contributed by atoms with Gasteiger partial charge in [0.25, 0.3) is 0 Å². The number of H-pyrrole nitrogens is 1. The van der Waals surface area contributed by atoms with Gasteiger partial charge in [0.15, 0.2) is 0 Å². The van der Waals surface area contributed by atoms with E-state index < -0.39 is 0 Å². The number of nitrogens with zero attached hydrogens (tertiary/aromatic N) is 3. The molecule has 2 aromatic rings. The topological polar surface area (TPSA) is 81.3 Å². The number of nitrogens with one attached hydrogen (secondary N) is 2. The van der Waals surface area contributed by atoms with E-state index in [1.165, 1.54) is 0 Å². The summed E-state index contributed by atoms with van der Waals surface area (Å²) in [5.74, 6) is -0.315. The summed E-state index contributed by atoms with van der Waals surface area (Å²) in [5.41, 5.74) is 2.45. The number of anilines is 1. The van der Waals surface area contributed by atoms with Gasteiger partial charge in [0, 0.05) is 25.2 Å². The number of hydrogen-bond acceptors (Lipinski definition) is 4. The van der Waals surface area contributed by atoms with Crippen LogP contribution in [0.2, 0.25) is 0 Å². The lowest BCUT2D eigenvalue weighted by Gasteiger charge is -2.18. The summed E-state index contributed by atoms with van der Waals surface area (Å²) < 4.78 is 0. The maximum absolute atomic E-state index is 12.4. The number of aromatic amines is 1. The minimum Gasteiger partial charge on any atom is -0.345 e. The molecule has 128 valence electrons. The second-order valence-electron chi connectivity index (χ2n) is 6.52. The van der Waals surface area contributed by atoms with Crippen molar-refractivity contribution in [3.05, 3.63) is 24.5 Å². The molecule has 1 unspecified atom stereocenters. The van der Waals surface area contributed by atoms with Crippen molar-refractivity contribution in [1.29, 1.82) is 0 Å². The first-order valence-electron chi connectivity index (χ1n) is 8.19. The number of benzene rings is 1. The summed E-state index contributed by atoms with van der Waals surface area (Å²) in [6, 6.07) is 5.54. The first kappa shape index (κ1) is 16.4. The van der Waals surface area contributed by atoms with E-state index in [0.29, 0.717) is 19.5 Å². The predicted octanol–water partition coefficient (Wildman–Crippen LogP) is 1.30. The molecule has 7 heteroatoms. The van der Waals surface area contributed by atoms with Crippen LogP contribution in [-0.4, -0.2) is 65.3 Å². The van der Waals surface area contributed by atoms with Crippen LogP contribution in [0.25, 0.3) is 11.0 Å². The molecule has 1 atom stereocenters. The zero-order chi connectivity index (χ0) is 17.1. The molecule has 2 heterocycles. The van der Waals surface area contributed by atoms with Crippen LogP contribution in [-0.2, 0) is 9.59 Å². The zero-order valence-electron chi connectivity index (χ0n) is 14.1. The average molecular weight is 329 g/mol. The number of aromatic nitrogens is 2. The van der Waals surface area contributed by atoms with Gasteiger partial charge in [-0.25, -0.2) is 4.98 Å². The number of amides is 2. The van der Waals surface area contributed by atoms with Crippen LogP contribution < -0.4 is 5.32 Å². The van der Waals surface area contributed by atoms with E-state index in [2.05, 4.69) is 20.2 Å². The highest BCUT2D eigenvalue weighted by Crippen LogP contribution is 2.21. The molecule has 0 aliphatic carbocycles. The fourth-order valence-corrected chi connectivity index (χ4v) is 3.00. The number of imidazole rings is 1. The van der Waals surface area contributed by atoms with Gasteiger partial charge in [0.2, 0.25) is 11.8 Å². The van der Waals surface area contributed by atoms with Gasteiger partial charge < -0.3 is 20.1 Å². The van der Waals surface area contributed by atoms with Crippen molar-refractivity contribution in [1.82, 2.24) is 19.8 Å². The Hall–Kier alpha value is -2.41. The highest BCUT2D eigenvalue weighted by atomic mass is 16.2. The number of carbonyl (C=O) groups is 2. The number of carbonyl (C=O) groups excluding carboxylic acids is 2. The lowest BCUT2D eigenvalue weighted by atomic mass is 10.1. The van der Waals surface area contributed by atoms with Gasteiger partial charge in [0.05, 0.1) is 23.3 Å². The summed E-state index contributed by atoms with van der Waals surface area (Å²) in [6.07, 6.45) is 2.83. The van der Waals surface area contributed by atoms with E-state index in [0.717, 1.165) is 29.7 Å². The average Bonchev–Trinajstić information content (AvgIpc) is 3.13. The van der Waals surface area contributed by atoms with Gasteiger partial charge >= 0.3 is 0 Å². The Morgan fingerprint density at radius 1 is 1.46 bits per heavy atom. The third-order valence-electron chi connectivity index (χ3n) is 4.31. The normalized spacial score (nSPS) is 17.9. The summed E-state index contributed by atoms with van der Waals surface area (Å²) in [7, 11) is 4.02. The van der Waals surface area contributed by atoms with Crippen LogP contribution in [0.15, 0.2) is 24.5 Å². The van der Waals surface area contributed by atoms with E-state index in [1.807, 2.05) is 32.3 Å². The fraction of sp³-hybridized carbons (Fsp3) is 0.471. The summed E-state index contributed by atoms with van der Waals surface area (Å²) >= 11 is 0. The molecule has 0 radical (unpaired) electrons. The van der Waals surface area contributed by atoms with Gasteiger partial charge in [-0.05, 0) is 45.3 Å². The molecular formula is C17H23N5O2. The second kappa shape index (κ2) is 7.00. The van der Waals surface area contributed by atoms with E-state index in [4.69, 9.17) is 0 Å². The molecule has 0 saturated carbocycles. The van der Waals surface area contributed by atoms with E-state index in [1.54, 1.807) is 11.2 Å². The quantitative estimate of drug-likeness (QED) is 0.837. The number of likely N-dealkylation sites (tertiary alicyclic amines) is 1. The van der Waals surface area contributed by atoms with Crippen molar-refractivity contribution < 1.29 is 9.59 Å². The van der Waals surface area contributed by atoms with Crippen LogP contribution in [0, 0.1) is 5.92 Å². The lowest BCUT2D eigenvalue weighted by molar-refractivity contribution is -0.128. The molecule has 1 aromatic heterocycles. The molecule has 1 aliphatic rings. The molecule has 3 rings (SSSR count). The van der Waals surface area contributed by atoms with Crippen molar-refractivity contribution in [3.63, 3.8) is 0 Å². The summed E-state index contributed by atoms with van der Waals surface area (Å²) in [4.78, 5) is 35.6. The highest BCUT2D eigenvalue weighted by molar-refractivity contribution is 5.98. The molecule has 24 heavy (non-hydrogen) atoms. The monoisotopic (exact) mass is 329 g/mol. The third-order valence-corrected chi connectivity index (χ3v) is 4.31. The van der Waals surface area contributed by atoms with Crippen LogP contribution >= 0.6 is 0 Å². The maximum atomic E-state index is 12.4. The van der Waals surface area contributed by atoms with Gasteiger partial charge in [0.1, 0.15) is 0 Å². The van der Waals surface area contributed by atoms with Gasteiger partial charge in [-0.2, -0.15) is 0 Å². The van der Waals surface area contributed by atoms with Crippen LogP contribution in [0.1, 0.15) is 12.8 Å². The van der Waals surface area contributed by atoms with E-state index in [9.17, 15) is 9.59 Å². The number of rotatable bonds is 6. The molecule has 1 aromatic carbocycles. The maximum Gasteiger partial charge on any atom is 0.229 e. The number of hydrogen-bond donors (Lipinski definition) is 2. The summed E-state index contributed by atoms with van der Waals surface area (Å²) in [6.45, 7) is 2.15. The molecule has 1 saturated heterocycles. The molecule has 2 N–H and O–H groups in total. The molecule has 7 nitrogen and oxygen atoms in total. The van der Waals surface area contributed by atoms with Crippen molar-refractivity contribution in [2.24, 2.45) is 5.92 Å². The molecular weight excluding hydrogens is 306 g/mol. The Morgan fingerprint density at radius 2 is 2.29 bits per heavy atom. The highest BCUT2D eigenvalue weighted by Gasteiger charge is 2.33. The van der Waals surface area contributed by atoms with Crippen molar-refractivity contribution in [2.45, 2.75) is 12.8 Å². The molecule has 2 amide bonds. The molecule has 0 spiro atoms. The largest absolute Gasteiger partial charge is 0.345 e. The Balaban J connectivity index is 1.56. The lowest BCUT2D eigenvalue weighted by Crippen LogP contribution is -2.30. The second-order valence-corrected chi connectivity index (χ2v) is 6.52. The smallest absolute Gasteiger partial charge is 0.229 e. The molecule has 0 bridgehead atoms.